The van der Waals surface area contributed by atoms with E-state index in [1.807, 2.05) is 12.1 Å². The highest BCUT2D eigenvalue weighted by Gasteiger charge is 2.05. The van der Waals surface area contributed by atoms with Crippen LogP contribution in [-0.2, 0) is 11.2 Å². The molecule has 0 aliphatic carbocycles. The monoisotopic (exact) mass is 204 g/mol. The molecule has 0 unspecified atom stereocenters. The van der Waals surface area contributed by atoms with E-state index in [1.165, 1.54) is 15.0 Å². The number of thiophene rings is 1. The average molecular weight is 204 g/mol. The molecule has 0 radical (unpaired) electrons. The van der Waals surface area contributed by atoms with Crippen LogP contribution >= 0.6 is 11.3 Å². The van der Waals surface area contributed by atoms with Crippen molar-refractivity contribution in [3.8, 4) is 0 Å². The lowest BCUT2D eigenvalue weighted by Crippen LogP contribution is -1.95. The van der Waals surface area contributed by atoms with Gasteiger partial charge in [0.25, 0.3) is 0 Å². The topological polar surface area (TPSA) is 17.1 Å². The molecule has 0 bridgehead atoms. The van der Waals surface area contributed by atoms with E-state index >= 15 is 0 Å². The Balaban J connectivity index is 2.58. The molecule has 0 saturated carbocycles. The van der Waals surface area contributed by atoms with Gasteiger partial charge in [0.05, 0.1) is 0 Å². The van der Waals surface area contributed by atoms with E-state index in [-0.39, 0.29) is 5.78 Å². The molecule has 1 aromatic carbocycles. The van der Waals surface area contributed by atoms with Crippen molar-refractivity contribution in [3.63, 3.8) is 0 Å². The van der Waals surface area contributed by atoms with E-state index in [2.05, 4.69) is 19.1 Å². The lowest BCUT2D eigenvalue weighted by molar-refractivity contribution is -0.116. The molecule has 0 N–H and O–H groups in total. The fourth-order valence-corrected chi connectivity index (χ4v) is 2.64. The number of carbonyl (C=O) groups excluding carboxylic acids is 1. The Kier molecular flexibility index (Phi) is 2.38. The molecule has 2 rings (SSSR count). The summed E-state index contributed by atoms with van der Waals surface area (Å²) < 4.78 is 1.28. The van der Waals surface area contributed by atoms with Crippen LogP contribution in [0.5, 0.6) is 0 Å². The van der Waals surface area contributed by atoms with Crippen molar-refractivity contribution >= 4 is 27.2 Å². The predicted octanol–water partition coefficient (Wildman–Crippen LogP) is 3.34. The largest absolute Gasteiger partial charge is 0.300 e. The number of rotatable bonds is 2. The molecule has 1 heterocycles. The second-order valence-corrected chi connectivity index (χ2v) is 4.85. The van der Waals surface area contributed by atoms with Gasteiger partial charge in [0.1, 0.15) is 5.78 Å². The van der Waals surface area contributed by atoms with Crippen molar-refractivity contribution in [1.29, 1.82) is 0 Å². The van der Waals surface area contributed by atoms with Crippen molar-refractivity contribution in [2.75, 3.05) is 0 Å². The highest BCUT2D eigenvalue weighted by molar-refractivity contribution is 7.19. The number of fused-ring (bicyclic) bond motifs is 1. The number of hydrogen-bond acceptors (Lipinski definition) is 2. The second kappa shape index (κ2) is 3.54. The minimum Gasteiger partial charge on any atom is -0.300 e. The molecule has 0 aliphatic heterocycles. The molecule has 72 valence electrons. The summed E-state index contributed by atoms with van der Waals surface area (Å²) in [5.41, 5.74) is 1.15. The Hall–Kier alpha value is -1.15. The van der Waals surface area contributed by atoms with Gasteiger partial charge >= 0.3 is 0 Å². The van der Waals surface area contributed by atoms with Crippen molar-refractivity contribution in [2.24, 2.45) is 0 Å². The molecule has 0 amide bonds. The van der Waals surface area contributed by atoms with Crippen LogP contribution < -0.4 is 0 Å². The van der Waals surface area contributed by atoms with Crippen molar-refractivity contribution in [3.05, 3.63) is 34.7 Å². The van der Waals surface area contributed by atoms with E-state index in [0.717, 1.165) is 5.56 Å². The van der Waals surface area contributed by atoms with Crippen LogP contribution in [0, 0.1) is 6.92 Å². The van der Waals surface area contributed by atoms with Crippen molar-refractivity contribution in [1.82, 2.24) is 0 Å². The maximum atomic E-state index is 11.1. The third-order valence-electron chi connectivity index (χ3n) is 2.21. The summed E-state index contributed by atoms with van der Waals surface area (Å²) in [6.45, 7) is 3.74. The fourth-order valence-electron chi connectivity index (χ4n) is 1.67. The summed E-state index contributed by atoms with van der Waals surface area (Å²) in [7, 11) is 0. The van der Waals surface area contributed by atoms with Gasteiger partial charge in [-0.2, -0.15) is 0 Å². The van der Waals surface area contributed by atoms with Gasteiger partial charge in [-0.15, -0.1) is 11.3 Å². The van der Waals surface area contributed by atoms with Crippen LogP contribution in [0.15, 0.2) is 24.3 Å². The van der Waals surface area contributed by atoms with E-state index in [9.17, 15) is 4.79 Å². The first kappa shape index (κ1) is 9.41. The molecular weight excluding hydrogens is 192 g/mol. The van der Waals surface area contributed by atoms with Crippen molar-refractivity contribution in [2.45, 2.75) is 20.3 Å². The number of benzene rings is 1. The zero-order chi connectivity index (χ0) is 10.1. The third-order valence-corrected chi connectivity index (χ3v) is 3.23. The zero-order valence-electron chi connectivity index (χ0n) is 8.33. The van der Waals surface area contributed by atoms with Gasteiger partial charge in [0, 0.05) is 16.0 Å². The lowest BCUT2D eigenvalue weighted by atomic mass is 10.1. The average Bonchev–Trinajstić information content (AvgIpc) is 2.45. The zero-order valence-corrected chi connectivity index (χ0v) is 9.15. The van der Waals surface area contributed by atoms with Crippen molar-refractivity contribution < 1.29 is 4.79 Å². The van der Waals surface area contributed by atoms with Crippen LogP contribution in [0.3, 0.4) is 0 Å². The Morgan fingerprint density at radius 2 is 2.21 bits per heavy atom. The second-order valence-electron chi connectivity index (χ2n) is 3.56. The minimum atomic E-state index is 0.223. The highest BCUT2D eigenvalue weighted by atomic mass is 32.1. The molecule has 0 atom stereocenters. The van der Waals surface area contributed by atoms with Crippen LogP contribution in [0.2, 0.25) is 0 Å². The van der Waals surface area contributed by atoms with Crippen LogP contribution in [0.25, 0.3) is 10.1 Å². The van der Waals surface area contributed by atoms with Gasteiger partial charge in [0.2, 0.25) is 0 Å². The molecule has 2 heteroatoms. The van der Waals surface area contributed by atoms with Crippen LogP contribution in [-0.4, -0.2) is 5.78 Å². The first-order valence-corrected chi connectivity index (χ1v) is 5.46. The van der Waals surface area contributed by atoms with Crippen LogP contribution in [0.1, 0.15) is 17.4 Å². The van der Waals surface area contributed by atoms with E-state index in [4.69, 9.17) is 0 Å². The molecule has 1 aromatic heterocycles. The van der Waals surface area contributed by atoms with Gasteiger partial charge in [-0.05, 0) is 36.9 Å². The molecule has 0 spiro atoms. The number of aryl methyl sites for hydroxylation is 1. The molecule has 0 saturated heterocycles. The molecule has 2 aromatic rings. The maximum Gasteiger partial charge on any atom is 0.134 e. The standard InChI is InChI=1S/C12H12OS/c1-8(13)6-10-4-3-5-12-11(10)7-9(2)14-12/h3-5,7H,6H2,1-2H3. The van der Waals surface area contributed by atoms with E-state index in [0.29, 0.717) is 6.42 Å². The van der Waals surface area contributed by atoms with Gasteiger partial charge in [-0.1, -0.05) is 12.1 Å². The molecule has 0 aliphatic rings. The Labute approximate surface area is 87.4 Å². The first-order valence-electron chi connectivity index (χ1n) is 4.64. The quantitative estimate of drug-likeness (QED) is 0.733. The number of carbonyl (C=O) groups is 1. The Bertz CT molecular complexity index is 482. The Morgan fingerprint density at radius 3 is 2.93 bits per heavy atom. The van der Waals surface area contributed by atoms with Gasteiger partial charge in [0.15, 0.2) is 0 Å². The fraction of sp³-hybridized carbons (Fsp3) is 0.250. The SMILES string of the molecule is CC(=O)Cc1cccc2sc(C)cc12. The summed E-state index contributed by atoms with van der Waals surface area (Å²) in [6, 6.07) is 8.33. The molecule has 0 fully saturated rings. The molecule has 1 nitrogen and oxygen atoms in total. The van der Waals surface area contributed by atoms with Gasteiger partial charge < -0.3 is 0 Å². The molecule has 14 heavy (non-hydrogen) atoms. The summed E-state index contributed by atoms with van der Waals surface area (Å²) in [4.78, 5) is 12.4. The summed E-state index contributed by atoms with van der Waals surface area (Å²) in [5.74, 6) is 0.223. The normalized spacial score (nSPS) is 10.7. The first-order chi connectivity index (χ1) is 6.66. The van der Waals surface area contributed by atoms with Gasteiger partial charge in [-0.3, -0.25) is 4.79 Å². The number of ketones is 1. The smallest absolute Gasteiger partial charge is 0.134 e. The number of hydrogen-bond donors (Lipinski definition) is 0. The summed E-state index contributed by atoms with van der Waals surface area (Å²) in [6.07, 6.45) is 0.549. The van der Waals surface area contributed by atoms with E-state index in [1.54, 1.807) is 18.3 Å². The van der Waals surface area contributed by atoms with Crippen LogP contribution in [0.4, 0.5) is 0 Å². The summed E-state index contributed by atoms with van der Waals surface area (Å²) in [5, 5.41) is 1.24. The molecular formula is C12H12OS. The maximum absolute atomic E-state index is 11.1. The lowest BCUT2D eigenvalue weighted by Gasteiger charge is -1.99. The summed E-state index contributed by atoms with van der Waals surface area (Å²) >= 11 is 1.78. The van der Waals surface area contributed by atoms with Gasteiger partial charge in [-0.25, -0.2) is 0 Å². The van der Waals surface area contributed by atoms with E-state index < -0.39 is 0 Å². The Morgan fingerprint density at radius 1 is 1.43 bits per heavy atom. The minimum absolute atomic E-state index is 0.223. The number of Topliss-reactive ketones (excluding diaryl/α,β-unsaturated/α-hetero) is 1. The third kappa shape index (κ3) is 1.70. The highest BCUT2D eigenvalue weighted by Crippen LogP contribution is 2.27. The predicted molar refractivity (Wildman–Crippen MR) is 60.9 cm³/mol.